The van der Waals surface area contributed by atoms with Crippen LogP contribution in [0.1, 0.15) is 19.4 Å². The van der Waals surface area contributed by atoms with Crippen LogP contribution in [0.2, 0.25) is 5.02 Å². The average molecular weight is 489 g/mol. The molecular formula is C24H25ClN2O5S. The maximum Gasteiger partial charge on any atom is 0.268 e. The van der Waals surface area contributed by atoms with Gasteiger partial charge in [0.2, 0.25) is 0 Å². The van der Waals surface area contributed by atoms with E-state index >= 15 is 0 Å². The second-order valence-corrected chi connectivity index (χ2v) is 8.82. The summed E-state index contributed by atoms with van der Waals surface area (Å²) in [4.78, 5) is 25.3. The first kappa shape index (κ1) is 24.4. The summed E-state index contributed by atoms with van der Waals surface area (Å²) in [7, 11) is 4.67. The topological polar surface area (TPSA) is 78.8 Å². The third kappa shape index (κ3) is 5.77. The molecule has 33 heavy (non-hydrogen) atoms. The monoisotopic (exact) mass is 488 g/mol. The van der Waals surface area contributed by atoms with E-state index in [0.29, 0.717) is 42.7 Å². The van der Waals surface area contributed by atoms with E-state index in [1.54, 1.807) is 43.5 Å². The number of nitrogens with one attached hydrogen (secondary N) is 1. The van der Waals surface area contributed by atoms with Crippen LogP contribution in [0.4, 0.5) is 5.69 Å². The van der Waals surface area contributed by atoms with E-state index in [0.717, 1.165) is 0 Å². The van der Waals surface area contributed by atoms with Gasteiger partial charge < -0.3 is 24.1 Å². The van der Waals surface area contributed by atoms with Crippen molar-refractivity contribution in [2.45, 2.75) is 20.0 Å². The van der Waals surface area contributed by atoms with E-state index in [-0.39, 0.29) is 17.6 Å². The molecule has 0 saturated carbocycles. The highest BCUT2D eigenvalue weighted by atomic mass is 35.5. The van der Waals surface area contributed by atoms with Crippen LogP contribution in [-0.2, 0) is 11.8 Å². The minimum absolute atomic E-state index is 0.0732. The van der Waals surface area contributed by atoms with Gasteiger partial charge in [0.25, 0.3) is 11.5 Å². The summed E-state index contributed by atoms with van der Waals surface area (Å²) >= 11 is 7.59. The molecule has 9 heteroatoms. The fraction of sp³-hybridized carbons (Fsp3) is 0.250. The van der Waals surface area contributed by atoms with Gasteiger partial charge in [-0.05, 0) is 49.8 Å². The Bertz CT molecular complexity index is 1340. The van der Waals surface area contributed by atoms with Crippen LogP contribution >= 0.6 is 22.9 Å². The Labute approximate surface area is 200 Å². The maximum atomic E-state index is 12.8. The maximum absolute atomic E-state index is 12.8. The lowest BCUT2D eigenvalue weighted by atomic mass is 10.2. The molecule has 0 radical (unpaired) electrons. The summed E-state index contributed by atoms with van der Waals surface area (Å²) in [6.07, 6.45) is 3.01. The van der Waals surface area contributed by atoms with E-state index in [4.69, 9.17) is 25.8 Å². The Balaban J connectivity index is 1.98. The van der Waals surface area contributed by atoms with Crippen LogP contribution in [0, 0.1) is 0 Å². The first-order valence-corrected chi connectivity index (χ1v) is 11.3. The minimum atomic E-state index is -0.372. The van der Waals surface area contributed by atoms with Crippen molar-refractivity contribution in [2.75, 3.05) is 19.5 Å². The molecule has 7 nitrogen and oxygen atoms in total. The largest absolute Gasteiger partial charge is 0.495 e. The smallest absolute Gasteiger partial charge is 0.268 e. The van der Waals surface area contributed by atoms with Gasteiger partial charge in [0.1, 0.15) is 10.4 Å². The zero-order valence-electron chi connectivity index (χ0n) is 19.0. The van der Waals surface area contributed by atoms with Crippen molar-refractivity contribution in [2.24, 2.45) is 7.05 Å². The predicted octanol–water partition coefficient (Wildman–Crippen LogP) is 3.15. The first-order valence-electron chi connectivity index (χ1n) is 10.1. The zero-order chi connectivity index (χ0) is 24.1. The number of anilines is 1. The quantitative estimate of drug-likeness (QED) is 0.552. The van der Waals surface area contributed by atoms with Gasteiger partial charge in [-0.2, -0.15) is 0 Å². The van der Waals surface area contributed by atoms with E-state index in [1.807, 2.05) is 19.9 Å². The predicted molar refractivity (Wildman–Crippen MR) is 132 cm³/mol. The van der Waals surface area contributed by atoms with Gasteiger partial charge in [-0.3, -0.25) is 9.59 Å². The molecule has 174 valence electrons. The van der Waals surface area contributed by atoms with Crippen molar-refractivity contribution in [1.82, 2.24) is 4.57 Å². The van der Waals surface area contributed by atoms with Crippen LogP contribution in [0.15, 0.2) is 41.2 Å². The van der Waals surface area contributed by atoms with Crippen molar-refractivity contribution in [3.8, 4) is 17.2 Å². The number of amides is 1. The number of methoxy groups -OCH3 is 2. The van der Waals surface area contributed by atoms with Gasteiger partial charge in [-0.1, -0.05) is 23.7 Å². The summed E-state index contributed by atoms with van der Waals surface area (Å²) in [6, 6.07) is 10.6. The van der Waals surface area contributed by atoms with E-state index < -0.39 is 0 Å². The second kappa shape index (κ2) is 10.6. The number of para-hydroxylation sites is 2. The normalized spacial score (nSPS) is 12.2. The van der Waals surface area contributed by atoms with Gasteiger partial charge in [0.15, 0.2) is 11.5 Å². The molecule has 1 aromatic heterocycles. The number of rotatable bonds is 7. The molecule has 0 atom stereocenters. The van der Waals surface area contributed by atoms with Crippen LogP contribution in [-0.4, -0.2) is 30.8 Å². The van der Waals surface area contributed by atoms with Crippen molar-refractivity contribution in [3.63, 3.8) is 0 Å². The molecule has 1 amide bonds. The fourth-order valence-corrected chi connectivity index (χ4v) is 4.36. The summed E-state index contributed by atoms with van der Waals surface area (Å²) < 4.78 is 18.8. The fourth-order valence-electron chi connectivity index (χ4n) is 3.06. The lowest BCUT2D eigenvalue weighted by Gasteiger charge is -2.15. The molecule has 0 fully saturated rings. The summed E-state index contributed by atoms with van der Waals surface area (Å²) in [5.74, 6) is 1.10. The highest BCUT2D eigenvalue weighted by Crippen LogP contribution is 2.37. The SMILES string of the molecule is COc1ccccc1NC(=O)/C=c1/s/c(=C/c2cc(Cl)c(OC(C)C)c(OC)c2)c(=O)n1C. The number of thiazole rings is 1. The number of ether oxygens (including phenoxy) is 3. The lowest BCUT2D eigenvalue weighted by Crippen LogP contribution is -2.29. The number of nitrogens with zero attached hydrogens (tertiary/aromatic N) is 1. The number of carbonyl (C=O) groups is 1. The third-order valence-corrected chi connectivity index (χ3v) is 5.98. The van der Waals surface area contributed by atoms with Gasteiger partial charge in [0, 0.05) is 13.1 Å². The Morgan fingerprint density at radius 1 is 1.15 bits per heavy atom. The summed E-state index contributed by atoms with van der Waals surface area (Å²) in [6.45, 7) is 3.79. The Hall–Kier alpha value is -3.23. The molecule has 0 bridgehead atoms. The standard InChI is InChI=1S/C24H25ClN2O5S/c1-14(2)32-23-16(25)10-15(11-19(23)31-5)12-20-24(29)27(3)22(33-20)13-21(28)26-17-8-6-7-9-18(17)30-4/h6-14H,1-5H3,(H,26,28)/b20-12+,22-13+. The molecule has 0 spiro atoms. The second-order valence-electron chi connectivity index (χ2n) is 7.35. The Morgan fingerprint density at radius 3 is 2.52 bits per heavy atom. The number of benzene rings is 2. The summed E-state index contributed by atoms with van der Waals surface area (Å²) in [5.41, 5.74) is 0.992. The van der Waals surface area contributed by atoms with E-state index in [9.17, 15) is 9.59 Å². The van der Waals surface area contributed by atoms with E-state index in [1.165, 1.54) is 36.2 Å². The van der Waals surface area contributed by atoms with Gasteiger partial charge >= 0.3 is 0 Å². The zero-order valence-corrected chi connectivity index (χ0v) is 20.5. The number of hydrogen-bond acceptors (Lipinski definition) is 6. The highest BCUT2D eigenvalue weighted by molar-refractivity contribution is 7.07. The van der Waals surface area contributed by atoms with Gasteiger partial charge in [0.05, 0.1) is 35.6 Å². The molecule has 1 heterocycles. The Kier molecular flexibility index (Phi) is 7.84. The van der Waals surface area contributed by atoms with Crippen LogP contribution in [0.3, 0.4) is 0 Å². The van der Waals surface area contributed by atoms with Gasteiger partial charge in [-0.25, -0.2) is 0 Å². The van der Waals surface area contributed by atoms with Crippen LogP contribution < -0.4 is 34.3 Å². The van der Waals surface area contributed by atoms with Crippen LogP contribution in [0.25, 0.3) is 12.2 Å². The van der Waals surface area contributed by atoms with E-state index in [2.05, 4.69) is 5.32 Å². The Morgan fingerprint density at radius 2 is 1.85 bits per heavy atom. The number of hydrogen-bond donors (Lipinski definition) is 1. The van der Waals surface area contributed by atoms with Gasteiger partial charge in [-0.15, -0.1) is 11.3 Å². The molecule has 0 unspecified atom stereocenters. The molecule has 2 aromatic carbocycles. The minimum Gasteiger partial charge on any atom is -0.495 e. The average Bonchev–Trinajstić information content (AvgIpc) is 3.03. The molecule has 0 aliphatic rings. The van der Waals surface area contributed by atoms with Crippen molar-refractivity contribution in [3.05, 3.63) is 66.5 Å². The van der Waals surface area contributed by atoms with Crippen molar-refractivity contribution < 1.29 is 19.0 Å². The molecule has 3 rings (SSSR count). The molecule has 0 aliphatic carbocycles. The third-order valence-electron chi connectivity index (χ3n) is 4.58. The number of aromatic nitrogens is 1. The first-order chi connectivity index (χ1) is 15.7. The molecule has 3 aromatic rings. The lowest BCUT2D eigenvalue weighted by molar-refractivity contribution is -0.110. The highest BCUT2D eigenvalue weighted by Gasteiger charge is 2.13. The van der Waals surface area contributed by atoms with Crippen LogP contribution in [0.5, 0.6) is 17.2 Å². The number of carbonyl (C=O) groups excluding carboxylic acids is 1. The van der Waals surface area contributed by atoms with Crippen molar-refractivity contribution >= 4 is 46.7 Å². The molecule has 0 saturated heterocycles. The molecular weight excluding hydrogens is 464 g/mol. The number of halogens is 1. The molecule has 0 aliphatic heterocycles. The molecule has 1 N–H and O–H groups in total. The summed E-state index contributed by atoms with van der Waals surface area (Å²) in [5, 5.41) is 3.15. The van der Waals surface area contributed by atoms with Crippen molar-refractivity contribution in [1.29, 1.82) is 0 Å².